The van der Waals surface area contributed by atoms with Crippen LogP contribution in [0.15, 0.2) is 29.8 Å². The van der Waals surface area contributed by atoms with Crippen molar-refractivity contribution in [3.05, 3.63) is 52.4 Å². The maximum Gasteiger partial charge on any atom is 0.203 e. The van der Waals surface area contributed by atoms with E-state index in [0.29, 0.717) is 29.0 Å². The minimum Gasteiger partial charge on any atom is -0.497 e. The van der Waals surface area contributed by atoms with Crippen molar-refractivity contribution < 1.29 is 17.9 Å². The number of nitrogens with zero attached hydrogens (tertiary/aromatic N) is 3. The molecular formula is C20H21N3O4S. The van der Waals surface area contributed by atoms with Gasteiger partial charge in [-0.25, -0.2) is 8.42 Å². The summed E-state index contributed by atoms with van der Waals surface area (Å²) >= 11 is 0. The second kappa shape index (κ2) is 7.60. The number of allylic oxidation sites excluding steroid dienone is 1. The molecule has 0 bridgehead atoms. The van der Waals surface area contributed by atoms with Crippen LogP contribution < -0.4 is 4.74 Å². The van der Waals surface area contributed by atoms with E-state index in [2.05, 4.69) is 5.10 Å². The molecule has 1 saturated heterocycles. The molecule has 0 aliphatic carbocycles. The zero-order chi connectivity index (χ0) is 20.5. The lowest BCUT2D eigenvalue weighted by atomic mass is 10.0. The van der Waals surface area contributed by atoms with Crippen molar-refractivity contribution in [3.63, 3.8) is 0 Å². The van der Waals surface area contributed by atoms with Crippen LogP contribution >= 0.6 is 0 Å². The highest BCUT2D eigenvalue weighted by Gasteiger charge is 2.31. The predicted molar refractivity (Wildman–Crippen MR) is 105 cm³/mol. The number of carbonyl (C=O) groups is 1. The van der Waals surface area contributed by atoms with Crippen LogP contribution in [0, 0.1) is 25.2 Å². The number of sulfone groups is 1. The first kappa shape index (κ1) is 19.8. The minimum absolute atomic E-state index is 0.00467. The van der Waals surface area contributed by atoms with Crippen molar-refractivity contribution in [2.24, 2.45) is 0 Å². The third-order valence-corrected chi connectivity index (χ3v) is 6.69. The fourth-order valence-electron chi connectivity index (χ4n) is 3.40. The number of aryl methyl sites for hydroxylation is 1. The molecule has 146 valence electrons. The lowest BCUT2D eigenvalue weighted by Gasteiger charge is -2.11. The summed E-state index contributed by atoms with van der Waals surface area (Å²) in [6, 6.07) is 8.30. The number of Topliss-reactive ketones (excluding diaryl/α,β-unsaturated/α-hetero) is 1. The van der Waals surface area contributed by atoms with Crippen LogP contribution in [0.2, 0.25) is 0 Å². The van der Waals surface area contributed by atoms with Crippen molar-refractivity contribution in [3.8, 4) is 11.8 Å². The van der Waals surface area contributed by atoms with Crippen molar-refractivity contribution in [2.45, 2.75) is 26.3 Å². The van der Waals surface area contributed by atoms with Gasteiger partial charge in [0.25, 0.3) is 0 Å². The lowest BCUT2D eigenvalue weighted by molar-refractivity contribution is 0.104. The van der Waals surface area contributed by atoms with Crippen molar-refractivity contribution in [1.82, 2.24) is 9.78 Å². The zero-order valence-corrected chi connectivity index (χ0v) is 16.8. The van der Waals surface area contributed by atoms with E-state index in [0.717, 1.165) is 5.69 Å². The summed E-state index contributed by atoms with van der Waals surface area (Å²) in [5.74, 6) is 0.452. The third kappa shape index (κ3) is 3.85. The third-order valence-electron chi connectivity index (χ3n) is 4.94. The molecule has 0 saturated carbocycles. The van der Waals surface area contributed by atoms with Gasteiger partial charge in [-0.2, -0.15) is 10.4 Å². The normalized spacial score (nSPS) is 18.6. The Labute approximate surface area is 164 Å². The number of ether oxygens (including phenoxy) is 1. The lowest BCUT2D eigenvalue weighted by Crippen LogP contribution is -2.14. The van der Waals surface area contributed by atoms with E-state index in [1.54, 1.807) is 35.9 Å². The van der Waals surface area contributed by atoms with Crippen LogP contribution in [0.25, 0.3) is 6.08 Å². The second-order valence-corrected chi connectivity index (χ2v) is 9.04. The van der Waals surface area contributed by atoms with Gasteiger partial charge in [-0.15, -0.1) is 0 Å². The summed E-state index contributed by atoms with van der Waals surface area (Å²) in [7, 11) is -1.50. The highest BCUT2D eigenvalue weighted by Crippen LogP contribution is 2.28. The largest absolute Gasteiger partial charge is 0.497 e. The first-order chi connectivity index (χ1) is 13.3. The van der Waals surface area contributed by atoms with Crippen molar-refractivity contribution in [1.29, 1.82) is 5.26 Å². The standard InChI is InChI=1S/C20H21N3O4S/c1-13-19(14(2)23(22-13)17-8-9-28(25,26)12-17)10-16(11-21)20(24)15-4-6-18(27-3)7-5-15/h4-7,10,17H,8-9,12H2,1-3H3/b16-10+/t17-/m1/s1. The quantitative estimate of drug-likeness (QED) is 0.435. The highest BCUT2D eigenvalue weighted by atomic mass is 32.2. The molecule has 0 N–H and O–H groups in total. The molecule has 0 unspecified atom stereocenters. The van der Waals surface area contributed by atoms with Crippen molar-refractivity contribution in [2.75, 3.05) is 18.6 Å². The summed E-state index contributed by atoms with van der Waals surface area (Å²) in [5.41, 5.74) is 2.45. The number of hydrogen-bond acceptors (Lipinski definition) is 6. The molecule has 0 spiro atoms. The second-order valence-electron chi connectivity index (χ2n) is 6.81. The Morgan fingerprint density at radius 3 is 2.54 bits per heavy atom. The van der Waals surface area contributed by atoms with Crippen LogP contribution in [0.5, 0.6) is 5.75 Å². The van der Waals surface area contributed by atoms with Gasteiger partial charge in [-0.3, -0.25) is 9.48 Å². The molecule has 2 aromatic rings. The molecule has 1 aromatic heterocycles. The monoisotopic (exact) mass is 399 g/mol. The van der Waals surface area contributed by atoms with E-state index in [1.165, 1.54) is 13.2 Å². The number of methoxy groups -OCH3 is 1. The maximum absolute atomic E-state index is 12.7. The van der Waals surface area contributed by atoms with Crippen LogP contribution in [0.4, 0.5) is 0 Å². The Morgan fingerprint density at radius 2 is 2.00 bits per heavy atom. The number of ketones is 1. The summed E-state index contributed by atoms with van der Waals surface area (Å²) in [6.07, 6.45) is 2.05. The zero-order valence-electron chi connectivity index (χ0n) is 16.0. The smallest absolute Gasteiger partial charge is 0.203 e. The van der Waals surface area contributed by atoms with Crippen LogP contribution in [-0.2, 0) is 9.84 Å². The number of hydrogen-bond donors (Lipinski definition) is 0. The van der Waals surface area contributed by atoms with Gasteiger partial charge >= 0.3 is 0 Å². The molecule has 28 heavy (non-hydrogen) atoms. The van der Waals surface area contributed by atoms with E-state index < -0.39 is 9.84 Å². The summed E-state index contributed by atoms with van der Waals surface area (Å²) in [6.45, 7) is 3.61. The van der Waals surface area contributed by atoms with Gasteiger partial charge in [0, 0.05) is 16.8 Å². The van der Waals surface area contributed by atoms with E-state index in [4.69, 9.17) is 4.74 Å². The van der Waals surface area contributed by atoms with E-state index in [-0.39, 0.29) is 28.9 Å². The van der Waals surface area contributed by atoms with Crippen molar-refractivity contribution >= 4 is 21.7 Å². The molecule has 3 rings (SSSR count). The number of aromatic nitrogens is 2. The van der Waals surface area contributed by atoms with Gasteiger partial charge in [0.05, 0.1) is 30.4 Å². The van der Waals surface area contributed by atoms with Gasteiger partial charge in [-0.05, 0) is 50.6 Å². The average Bonchev–Trinajstić information content (AvgIpc) is 3.18. The molecule has 2 heterocycles. The van der Waals surface area contributed by atoms with E-state index in [1.807, 2.05) is 13.0 Å². The Kier molecular flexibility index (Phi) is 5.38. The number of nitriles is 1. The summed E-state index contributed by atoms with van der Waals surface area (Å²) in [5, 5.41) is 14.0. The Bertz CT molecular complexity index is 1090. The molecule has 8 heteroatoms. The maximum atomic E-state index is 12.7. The predicted octanol–water partition coefficient (Wildman–Crippen LogP) is 2.66. The first-order valence-corrected chi connectivity index (χ1v) is 10.6. The van der Waals surface area contributed by atoms with E-state index in [9.17, 15) is 18.5 Å². The van der Waals surface area contributed by atoms with Gasteiger partial charge < -0.3 is 4.74 Å². The van der Waals surface area contributed by atoms with Gasteiger partial charge in [0.1, 0.15) is 17.4 Å². The SMILES string of the molecule is COc1ccc(C(=O)/C(C#N)=C/c2c(C)nn([C@@H]3CCS(=O)(=O)C3)c2C)cc1. The first-order valence-electron chi connectivity index (χ1n) is 8.82. The minimum atomic E-state index is -3.04. The van der Waals surface area contributed by atoms with E-state index >= 15 is 0 Å². The molecular weight excluding hydrogens is 378 g/mol. The number of benzene rings is 1. The summed E-state index contributed by atoms with van der Waals surface area (Å²) < 4.78 is 30.4. The molecule has 7 nitrogen and oxygen atoms in total. The average molecular weight is 399 g/mol. The molecule has 1 aliphatic heterocycles. The number of carbonyl (C=O) groups excluding carboxylic acids is 1. The Hall–Kier alpha value is -2.92. The summed E-state index contributed by atoms with van der Waals surface area (Å²) in [4.78, 5) is 12.7. The number of rotatable bonds is 5. The van der Waals surface area contributed by atoms with Gasteiger partial charge in [0.2, 0.25) is 5.78 Å². The molecule has 0 amide bonds. The molecule has 1 aromatic carbocycles. The van der Waals surface area contributed by atoms with Gasteiger partial charge in [0.15, 0.2) is 9.84 Å². The van der Waals surface area contributed by atoms with Crippen LogP contribution in [-0.4, -0.2) is 42.6 Å². The fraction of sp³-hybridized carbons (Fsp3) is 0.350. The topological polar surface area (TPSA) is 102 Å². The Balaban J connectivity index is 1.94. The van der Waals surface area contributed by atoms with Gasteiger partial charge in [-0.1, -0.05) is 0 Å². The van der Waals surface area contributed by atoms with Crippen LogP contribution in [0.3, 0.4) is 0 Å². The molecule has 1 aliphatic rings. The molecule has 1 fully saturated rings. The molecule has 1 atom stereocenters. The Morgan fingerprint density at radius 1 is 1.32 bits per heavy atom. The fourth-order valence-corrected chi connectivity index (χ4v) is 5.09. The highest BCUT2D eigenvalue weighted by molar-refractivity contribution is 7.91. The molecule has 0 radical (unpaired) electrons. The van der Waals surface area contributed by atoms with Crippen LogP contribution in [0.1, 0.15) is 39.8 Å².